The molecule has 0 fully saturated rings. The zero-order valence-electron chi connectivity index (χ0n) is 9.67. The lowest BCUT2D eigenvalue weighted by Crippen LogP contribution is -1.94. The van der Waals surface area contributed by atoms with Crippen molar-refractivity contribution in [3.05, 3.63) is 46.0 Å². The number of aryl methyl sites for hydroxylation is 2. The highest BCUT2D eigenvalue weighted by Gasteiger charge is 2.10. The standard InChI is InChI=1S/C13H12Cl2N2/c1-3-12-10(7-11(14)13(15)17-12)9-4-5-16-8(2)6-9/h4-7H,3H2,1-2H3. The van der Waals surface area contributed by atoms with Crippen molar-refractivity contribution in [2.24, 2.45) is 0 Å². The second kappa shape index (κ2) is 5.03. The van der Waals surface area contributed by atoms with Crippen LogP contribution in [-0.2, 0) is 6.42 Å². The van der Waals surface area contributed by atoms with Crippen LogP contribution in [0.4, 0.5) is 0 Å². The Morgan fingerprint density at radius 3 is 2.65 bits per heavy atom. The number of hydrogen-bond donors (Lipinski definition) is 0. The Kier molecular flexibility index (Phi) is 3.65. The Labute approximate surface area is 111 Å². The molecule has 0 N–H and O–H groups in total. The van der Waals surface area contributed by atoms with Gasteiger partial charge in [-0.15, -0.1) is 0 Å². The van der Waals surface area contributed by atoms with E-state index >= 15 is 0 Å². The first-order chi connectivity index (χ1) is 8.11. The third kappa shape index (κ3) is 2.59. The van der Waals surface area contributed by atoms with Gasteiger partial charge in [-0.2, -0.15) is 0 Å². The molecule has 2 aromatic heterocycles. The first kappa shape index (κ1) is 12.3. The van der Waals surface area contributed by atoms with Crippen molar-refractivity contribution < 1.29 is 0 Å². The Balaban J connectivity index is 2.62. The highest BCUT2D eigenvalue weighted by molar-refractivity contribution is 6.41. The third-order valence-electron chi connectivity index (χ3n) is 2.55. The van der Waals surface area contributed by atoms with Gasteiger partial charge in [0.05, 0.1) is 5.02 Å². The van der Waals surface area contributed by atoms with Crippen LogP contribution in [0.2, 0.25) is 10.2 Å². The molecule has 2 heterocycles. The molecule has 4 heteroatoms. The minimum absolute atomic E-state index is 0.359. The summed E-state index contributed by atoms with van der Waals surface area (Å²) in [5.41, 5.74) is 4.01. The topological polar surface area (TPSA) is 25.8 Å². The number of halogens is 2. The molecular weight excluding hydrogens is 255 g/mol. The summed E-state index contributed by atoms with van der Waals surface area (Å²) in [6.07, 6.45) is 2.60. The van der Waals surface area contributed by atoms with Gasteiger partial charge in [-0.25, -0.2) is 4.98 Å². The van der Waals surface area contributed by atoms with Gasteiger partial charge in [0.25, 0.3) is 0 Å². The molecule has 2 rings (SSSR count). The monoisotopic (exact) mass is 266 g/mol. The van der Waals surface area contributed by atoms with Gasteiger partial charge in [-0.05, 0) is 37.1 Å². The summed E-state index contributed by atoms with van der Waals surface area (Å²) in [7, 11) is 0. The van der Waals surface area contributed by atoms with Crippen molar-refractivity contribution in [2.75, 3.05) is 0 Å². The summed E-state index contributed by atoms with van der Waals surface area (Å²) in [6, 6.07) is 5.83. The van der Waals surface area contributed by atoms with E-state index < -0.39 is 0 Å². The van der Waals surface area contributed by atoms with Gasteiger partial charge in [0.1, 0.15) is 5.15 Å². The number of nitrogens with zero attached hydrogens (tertiary/aromatic N) is 2. The minimum Gasteiger partial charge on any atom is -0.262 e. The molecule has 0 amide bonds. The first-order valence-electron chi connectivity index (χ1n) is 5.39. The van der Waals surface area contributed by atoms with Crippen molar-refractivity contribution in [1.82, 2.24) is 9.97 Å². The molecule has 0 aromatic carbocycles. The molecule has 2 nitrogen and oxygen atoms in total. The van der Waals surface area contributed by atoms with Crippen LogP contribution in [-0.4, -0.2) is 9.97 Å². The quantitative estimate of drug-likeness (QED) is 0.757. The maximum atomic E-state index is 6.02. The molecule has 2 aromatic rings. The van der Waals surface area contributed by atoms with Crippen molar-refractivity contribution in [1.29, 1.82) is 0 Å². The second-order valence-electron chi connectivity index (χ2n) is 3.79. The number of pyridine rings is 2. The van der Waals surface area contributed by atoms with E-state index in [0.717, 1.165) is 28.9 Å². The normalized spacial score (nSPS) is 10.6. The lowest BCUT2D eigenvalue weighted by molar-refractivity contribution is 1.04. The molecule has 0 atom stereocenters. The maximum Gasteiger partial charge on any atom is 0.147 e. The highest BCUT2D eigenvalue weighted by atomic mass is 35.5. The average molecular weight is 267 g/mol. The molecule has 0 saturated carbocycles. The predicted octanol–water partition coefficient (Wildman–Crippen LogP) is 4.32. The Morgan fingerprint density at radius 2 is 2.00 bits per heavy atom. The molecule has 88 valence electrons. The van der Waals surface area contributed by atoms with E-state index in [1.165, 1.54) is 0 Å². The van der Waals surface area contributed by atoms with Crippen molar-refractivity contribution >= 4 is 23.2 Å². The largest absolute Gasteiger partial charge is 0.262 e. The van der Waals surface area contributed by atoms with Gasteiger partial charge in [0.2, 0.25) is 0 Å². The SMILES string of the molecule is CCc1nc(Cl)c(Cl)cc1-c1ccnc(C)c1. The first-order valence-corrected chi connectivity index (χ1v) is 6.15. The van der Waals surface area contributed by atoms with Crippen molar-refractivity contribution in [3.63, 3.8) is 0 Å². The summed E-state index contributed by atoms with van der Waals surface area (Å²) in [4.78, 5) is 8.49. The zero-order chi connectivity index (χ0) is 12.4. The Morgan fingerprint density at radius 1 is 1.24 bits per heavy atom. The molecule has 0 aliphatic heterocycles. The molecule has 0 bridgehead atoms. The lowest BCUT2D eigenvalue weighted by atomic mass is 10.0. The van der Waals surface area contributed by atoms with Gasteiger partial charge in [0, 0.05) is 23.1 Å². The van der Waals surface area contributed by atoms with Gasteiger partial charge in [0.15, 0.2) is 0 Å². The summed E-state index contributed by atoms with van der Waals surface area (Å²) in [5, 5.41) is 0.839. The predicted molar refractivity (Wildman–Crippen MR) is 71.6 cm³/mol. The molecule has 17 heavy (non-hydrogen) atoms. The van der Waals surface area contributed by atoms with E-state index in [1.54, 1.807) is 6.20 Å². The minimum atomic E-state index is 0.359. The fraction of sp³-hybridized carbons (Fsp3) is 0.231. The molecular formula is C13H12Cl2N2. The molecule has 0 saturated heterocycles. The number of aromatic nitrogens is 2. The van der Waals surface area contributed by atoms with Crippen molar-refractivity contribution in [3.8, 4) is 11.1 Å². The second-order valence-corrected chi connectivity index (χ2v) is 4.56. The van der Waals surface area contributed by atoms with Crippen LogP contribution in [0.15, 0.2) is 24.4 Å². The van der Waals surface area contributed by atoms with Crippen LogP contribution >= 0.6 is 23.2 Å². The Bertz CT molecular complexity index is 553. The van der Waals surface area contributed by atoms with Gasteiger partial charge in [-0.3, -0.25) is 4.98 Å². The molecule has 0 spiro atoms. The fourth-order valence-electron chi connectivity index (χ4n) is 1.73. The molecule has 0 radical (unpaired) electrons. The van der Waals surface area contributed by atoms with Crippen LogP contribution in [0.25, 0.3) is 11.1 Å². The molecule has 0 aliphatic rings. The van der Waals surface area contributed by atoms with E-state index in [9.17, 15) is 0 Å². The van der Waals surface area contributed by atoms with E-state index in [-0.39, 0.29) is 0 Å². The van der Waals surface area contributed by atoms with Crippen LogP contribution in [0.3, 0.4) is 0 Å². The van der Waals surface area contributed by atoms with E-state index in [0.29, 0.717) is 10.2 Å². The molecule has 0 aliphatic carbocycles. The highest BCUT2D eigenvalue weighted by Crippen LogP contribution is 2.30. The van der Waals surface area contributed by atoms with Crippen LogP contribution < -0.4 is 0 Å². The fourth-order valence-corrected chi connectivity index (χ4v) is 2.04. The smallest absolute Gasteiger partial charge is 0.147 e. The summed E-state index contributed by atoms with van der Waals surface area (Å²) < 4.78 is 0. The average Bonchev–Trinajstić information content (AvgIpc) is 2.32. The lowest BCUT2D eigenvalue weighted by Gasteiger charge is -2.09. The van der Waals surface area contributed by atoms with Crippen molar-refractivity contribution in [2.45, 2.75) is 20.3 Å². The maximum absolute atomic E-state index is 6.02. The van der Waals surface area contributed by atoms with Crippen LogP contribution in [0.1, 0.15) is 18.3 Å². The van der Waals surface area contributed by atoms with E-state index in [2.05, 4.69) is 9.97 Å². The van der Waals surface area contributed by atoms with Crippen LogP contribution in [0, 0.1) is 6.92 Å². The van der Waals surface area contributed by atoms with E-state index in [4.69, 9.17) is 23.2 Å². The summed E-state index contributed by atoms with van der Waals surface area (Å²) in [6.45, 7) is 4.00. The zero-order valence-corrected chi connectivity index (χ0v) is 11.2. The van der Waals surface area contributed by atoms with Gasteiger partial charge >= 0.3 is 0 Å². The Hall–Kier alpha value is -1.12. The molecule has 0 unspecified atom stereocenters. The summed E-state index contributed by atoms with van der Waals surface area (Å²) in [5.74, 6) is 0. The number of rotatable bonds is 2. The van der Waals surface area contributed by atoms with Gasteiger partial charge in [-0.1, -0.05) is 30.1 Å². The van der Waals surface area contributed by atoms with E-state index in [1.807, 2.05) is 32.0 Å². The number of hydrogen-bond acceptors (Lipinski definition) is 2. The third-order valence-corrected chi connectivity index (χ3v) is 3.23. The van der Waals surface area contributed by atoms with Crippen LogP contribution in [0.5, 0.6) is 0 Å². The summed E-state index contributed by atoms with van der Waals surface area (Å²) >= 11 is 12.0. The van der Waals surface area contributed by atoms with Gasteiger partial charge < -0.3 is 0 Å².